The highest BCUT2D eigenvalue weighted by molar-refractivity contribution is 7.98. The van der Waals surface area contributed by atoms with Gasteiger partial charge in [-0.05, 0) is 24.3 Å². The van der Waals surface area contributed by atoms with Crippen LogP contribution in [0.1, 0.15) is 37.0 Å². The number of rotatable bonds is 7. The first-order valence-electron chi connectivity index (χ1n) is 8.28. The van der Waals surface area contributed by atoms with Gasteiger partial charge in [-0.15, -0.1) is 10.2 Å². The molecule has 7 nitrogen and oxygen atoms in total. The van der Waals surface area contributed by atoms with Gasteiger partial charge in [-0.3, -0.25) is 4.57 Å². The third kappa shape index (κ3) is 3.45. The summed E-state index contributed by atoms with van der Waals surface area (Å²) < 4.78 is 18.2. The van der Waals surface area contributed by atoms with E-state index in [1.165, 1.54) is 0 Å². The Kier molecular flexibility index (Phi) is 4.66. The van der Waals surface area contributed by atoms with Crippen molar-refractivity contribution in [1.82, 2.24) is 19.9 Å². The second-order valence-electron chi connectivity index (χ2n) is 6.11. The third-order valence-corrected chi connectivity index (χ3v) is 4.83. The van der Waals surface area contributed by atoms with Crippen LogP contribution in [-0.2, 0) is 12.3 Å². The van der Waals surface area contributed by atoms with E-state index in [0.717, 1.165) is 22.4 Å². The minimum absolute atomic E-state index is 0.268. The largest absolute Gasteiger partial charge is 0.467 e. The Morgan fingerprint density at radius 3 is 2.65 bits per heavy atom. The van der Waals surface area contributed by atoms with Crippen molar-refractivity contribution in [2.24, 2.45) is 0 Å². The van der Waals surface area contributed by atoms with Gasteiger partial charge < -0.3 is 13.4 Å². The Bertz CT molecular complexity index is 955. The van der Waals surface area contributed by atoms with E-state index >= 15 is 0 Å². The maximum absolute atomic E-state index is 5.48. The fourth-order valence-corrected chi connectivity index (χ4v) is 3.42. The minimum Gasteiger partial charge on any atom is -0.467 e. The van der Waals surface area contributed by atoms with Crippen molar-refractivity contribution in [3.05, 3.63) is 60.1 Å². The van der Waals surface area contributed by atoms with E-state index in [1.807, 2.05) is 30.3 Å². The summed E-state index contributed by atoms with van der Waals surface area (Å²) in [6.07, 6.45) is 3.28. The molecule has 0 unspecified atom stereocenters. The lowest BCUT2D eigenvalue weighted by Crippen LogP contribution is -2.07. The van der Waals surface area contributed by atoms with Gasteiger partial charge in [0.05, 0.1) is 24.8 Å². The van der Waals surface area contributed by atoms with Crippen LogP contribution in [-0.4, -0.2) is 19.9 Å². The SMILES string of the molecule is CC(C)c1nnc(SCc2cc(-c3ccco3)on2)n1Cc1ccco1. The van der Waals surface area contributed by atoms with Crippen LogP contribution in [0, 0.1) is 0 Å². The molecular weight excluding hydrogens is 352 g/mol. The van der Waals surface area contributed by atoms with Gasteiger partial charge in [0.25, 0.3) is 0 Å². The summed E-state index contributed by atoms with van der Waals surface area (Å²) in [7, 11) is 0. The summed E-state index contributed by atoms with van der Waals surface area (Å²) in [5, 5.41) is 13.6. The molecule has 0 atom stereocenters. The molecule has 0 spiro atoms. The lowest BCUT2D eigenvalue weighted by Gasteiger charge is -2.10. The normalized spacial score (nSPS) is 11.5. The molecule has 4 heterocycles. The van der Waals surface area contributed by atoms with E-state index in [-0.39, 0.29) is 5.92 Å². The highest BCUT2D eigenvalue weighted by atomic mass is 32.2. The predicted octanol–water partition coefficient (Wildman–Crippen LogP) is 4.58. The van der Waals surface area contributed by atoms with E-state index in [1.54, 1.807) is 24.3 Å². The zero-order valence-electron chi connectivity index (χ0n) is 14.5. The number of aromatic nitrogens is 4. The molecule has 8 heteroatoms. The maximum Gasteiger partial charge on any atom is 0.202 e. The molecule has 0 N–H and O–H groups in total. The molecule has 26 heavy (non-hydrogen) atoms. The number of hydrogen-bond acceptors (Lipinski definition) is 7. The molecule has 4 aromatic heterocycles. The van der Waals surface area contributed by atoms with Gasteiger partial charge in [0.2, 0.25) is 5.76 Å². The van der Waals surface area contributed by atoms with E-state index in [9.17, 15) is 0 Å². The van der Waals surface area contributed by atoms with Crippen LogP contribution in [0.2, 0.25) is 0 Å². The summed E-state index contributed by atoms with van der Waals surface area (Å²) in [5.41, 5.74) is 0.819. The molecule has 0 bridgehead atoms. The first kappa shape index (κ1) is 16.7. The predicted molar refractivity (Wildman–Crippen MR) is 95.7 cm³/mol. The lowest BCUT2D eigenvalue weighted by molar-refractivity contribution is 0.413. The molecule has 0 aliphatic carbocycles. The van der Waals surface area contributed by atoms with Gasteiger partial charge in [-0.25, -0.2) is 0 Å². The molecule has 0 aromatic carbocycles. The summed E-state index contributed by atoms with van der Waals surface area (Å²) in [6.45, 7) is 4.81. The Hall–Kier alpha value is -2.74. The summed E-state index contributed by atoms with van der Waals surface area (Å²) >= 11 is 1.57. The average Bonchev–Trinajstić information content (AvgIpc) is 3.40. The molecule has 0 amide bonds. The van der Waals surface area contributed by atoms with Gasteiger partial charge in [0.15, 0.2) is 10.9 Å². The van der Waals surface area contributed by atoms with Crippen molar-refractivity contribution < 1.29 is 13.4 Å². The van der Waals surface area contributed by atoms with Crippen LogP contribution in [0.5, 0.6) is 0 Å². The van der Waals surface area contributed by atoms with Crippen LogP contribution in [0.4, 0.5) is 0 Å². The second-order valence-corrected chi connectivity index (χ2v) is 7.05. The highest BCUT2D eigenvalue weighted by Gasteiger charge is 2.17. The topological polar surface area (TPSA) is 83.0 Å². The molecule has 0 aliphatic rings. The fraction of sp³-hybridized carbons (Fsp3) is 0.278. The smallest absolute Gasteiger partial charge is 0.202 e. The van der Waals surface area contributed by atoms with E-state index in [0.29, 0.717) is 23.8 Å². The van der Waals surface area contributed by atoms with Crippen molar-refractivity contribution >= 4 is 11.8 Å². The van der Waals surface area contributed by atoms with E-state index in [2.05, 4.69) is 33.8 Å². The van der Waals surface area contributed by atoms with Crippen LogP contribution in [0.25, 0.3) is 11.5 Å². The summed E-state index contributed by atoms with van der Waals surface area (Å²) in [6, 6.07) is 9.37. The van der Waals surface area contributed by atoms with Crippen molar-refractivity contribution in [1.29, 1.82) is 0 Å². The van der Waals surface area contributed by atoms with Crippen LogP contribution >= 0.6 is 11.8 Å². The number of furan rings is 2. The molecular formula is C18H18N4O3S. The van der Waals surface area contributed by atoms with Gasteiger partial charge in [-0.2, -0.15) is 0 Å². The van der Waals surface area contributed by atoms with Crippen LogP contribution in [0.15, 0.2) is 61.4 Å². The first-order valence-corrected chi connectivity index (χ1v) is 9.27. The molecule has 0 saturated heterocycles. The Balaban J connectivity index is 1.51. The molecule has 134 valence electrons. The molecule has 0 radical (unpaired) electrons. The third-order valence-electron chi connectivity index (χ3n) is 3.83. The zero-order valence-corrected chi connectivity index (χ0v) is 15.3. The van der Waals surface area contributed by atoms with Crippen molar-refractivity contribution in [2.75, 3.05) is 0 Å². The highest BCUT2D eigenvalue weighted by Crippen LogP contribution is 2.27. The van der Waals surface area contributed by atoms with Crippen molar-refractivity contribution in [3.8, 4) is 11.5 Å². The molecule has 4 aromatic rings. The van der Waals surface area contributed by atoms with Crippen LogP contribution < -0.4 is 0 Å². The second kappa shape index (κ2) is 7.25. The molecule has 0 aliphatic heterocycles. The lowest BCUT2D eigenvalue weighted by atomic mass is 10.2. The van der Waals surface area contributed by atoms with Gasteiger partial charge in [-0.1, -0.05) is 30.8 Å². The summed E-state index contributed by atoms with van der Waals surface area (Å²) in [4.78, 5) is 0. The maximum atomic E-state index is 5.48. The molecule has 0 saturated carbocycles. The molecule has 0 fully saturated rings. The Morgan fingerprint density at radius 1 is 1.08 bits per heavy atom. The first-order chi connectivity index (χ1) is 12.7. The van der Waals surface area contributed by atoms with Crippen molar-refractivity contribution in [2.45, 2.75) is 37.2 Å². The number of nitrogens with zero attached hydrogens (tertiary/aromatic N) is 4. The molecule has 4 rings (SSSR count). The van der Waals surface area contributed by atoms with Gasteiger partial charge >= 0.3 is 0 Å². The number of hydrogen-bond donors (Lipinski definition) is 0. The fourth-order valence-electron chi connectivity index (χ4n) is 2.59. The number of thioether (sulfide) groups is 1. The minimum atomic E-state index is 0.268. The average molecular weight is 370 g/mol. The summed E-state index contributed by atoms with van der Waals surface area (Å²) in [5.74, 6) is 3.97. The van der Waals surface area contributed by atoms with E-state index < -0.39 is 0 Å². The quantitative estimate of drug-likeness (QED) is 0.440. The van der Waals surface area contributed by atoms with E-state index in [4.69, 9.17) is 13.4 Å². The van der Waals surface area contributed by atoms with Crippen LogP contribution in [0.3, 0.4) is 0 Å². The van der Waals surface area contributed by atoms with Gasteiger partial charge in [0.1, 0.15) is 11.6 Å². The van der Waals surface area contributed by atoms with Crippen molar-refractivity contribution in [3.63, 3.8) is 0 Å². The monoisotopic (exact) mass is 370 g/mol. The standard InChI is InChI=1S/C18H18N4O3S/c1-12(2)17-19-20-18(22(17)10-14-5-3-7-23-14)26-11-13-9-16(25-21-13)15-6-4-8-24-15/h3-9,12H,10-11H2,1-2H3. The van der Waals surface area contributed by atoms with Gasteiger partial charge in [0, 0.05) is 17.7 Å². The zero-order chi connectivity index (χ0) is 17.9. The Morgan fingerprint density at radius 2 is 1.92 bits per heavy atom. The Labute approximate surface area is 154 Å².